The maximum Gasteiger partial charge on any atom is 0.324 e. The van der Waals surface area contributed by atoms with Gasteiger partial charge in [-0.1, -0.05) is 29.8 Å². The van der Waals surface area contributed by atoms with Crippen molar-refractivity contribution >= 4 is 27.6 Å². The van der Waals surface area contributed by atoms with Crippen LogP contribution < -0.4 is 9.46 Å². The maximum absolute atomic E-state index is 12.2. The summed E-state index contributed by atoms with van der Waals surface area (Å²) in [6.07, 6.45) is 0. The van der Waals surface area contributed by atoms with Gasteiger partial charge in [-0.25, -0.2) is 8.42 Å². The minimum Gasteiger partial charge on any atom is -0.490 e. The third kappa shape index (κ3) is 5.72. The van der Waals surface area contributed by atoms with E-state index in [-0.39, 0.29) is 18.1 Å². The van der Waals surface area contributed by atoms with Crippen LogP contribution in [0.2, 0.25) is 5.02 Å². The number of benzene rings is 2. The van der Waals surface area contributed by atoms with Crippen molar-refractivity contribution in [1.82, 2.24) is 4.72 Å². The second kappa shape index (κ2) is 9.02. The van der Waals surface area contributed by atoms with Crippen LogP contribution in [-0.2, 0) is 19.6 Å². The maximum atomic E-state index is 12.2. The van der Waals surface area contributed by atoms with Gasteiger partial charge >= 0.3 is 5.97 Å². The fraction of sp³-hybridized carbons (Fsp3) is 0.278. The first-order chi connectivity index (χ1) is 12.3. The van der Waals surface area contributed by atoms with Crippen LogP contribution in [0, 0.1) is 6.92 Å². The molecular weight excluding hydrogens is 378 g/mol. The number of rotatable bonds is 8. The van der Waals surface area contributed by atoms with Gasteiger partial charge in [0.1, 0.15) is 25.0 Å². The van der Waals surface area contributed by atoms with Crippen LogP contribution in [0.1, 0.15) is 12.5 Å². The summed E-state index contributed by atoms with van der Waals surface area (Å²) in [4.78, 5) is 12.0. The van der Waals surface area contributed by atoms with Crippen molar-refractivity contribution in [2.75, 3.05) is 13.2 Å². The fourth-order valence-corrected chi connectivity index (χ4v) is 3.42. The summed E-state index contributed by atoms with van der Waals surface area (Å²) in [5.41, 5.74) is 0.975. The molecule has 0 unspecified atom stereocenters. The predicted molar refractivity (Wildman–Crippen MR) is 98.9 cm³/mol. The zero-order valence-electron chi connectivity index (χ0n) is 14.4. The molecule has 0 spiro atoms. The van der Waals surface area contributed by atoms with E-state index < -0.39 is 22.0 Å². The highest BCUT2D eigenvalue weighted by atomic mass is 35.5. The molecule has 0 saturated carbocycles. The molecule has 26 heavy (non-hydrogen) atoms. The average molecular weight is 398 g/mol. The topological polar surface area (TPSA) is 81.7 Å². The second-order valence-corrected chi connectivity index (χ2v) is 7.73. The number of carbonyl (C=O) groups excluding carboxylic acids is 1. The van der Waals surface area contributed by atoms with Crippen LogP contribution in [0.3, 0.4) is 0 Å². The summed E-state index contributed by atoms with van der Waals surface area (Å²) < 4.78 is 37.3. The lowest BCUT2D eigenvalue weighted by molar-refractivity contribution is -0.145. The van der Waals surface area contributed by atoms with Crippen molar-refractivity contribution in [3.05, 3.63) is 59.1 Å². The monoisotopic (exact) mass is 397 g/mol. The first kappa shape index (κ1) is 20.2. The first-order valence-corrected chi connectivity index (χ1v) is 9.78. The van der Waals surface area contributed by atoms with Crippen LogP contribution in [0.4, 0.5) is 0 Å². The molecule has 0 aliphatic carbocycles. The van der Waals surface area contributed by atoms with Gasteiger partial charge in [0, 0.05) is 5.02 Å². The first-order valence-electron chi connectivity index (χ1n) is 7.92. The van der Waals surface area contributed by atoms with Gasteiger partial charge in [0.25, 0.3) is 0 Å². The highest BCUT2D eigenvalue weighted by molar-refractivity contribution is 7.89. The number of hydrogen-bond acceptors (Lipinski definition) is 5. The van der Waals surface area contributed by atoms with Crippen LogP contribution in [0.5, 0.6) is 5.75 Å². The van der Waals surface area contributed by atoms with Crippen molar-refractivity contribution in [3.63, 3.8) is 0 Å². The van der Waals surface area contributed by atoms with E-state index in [9.17, 15) is 13.2 Å². The Morgan fingerprint density at radius 1 is 1.12 bits per heavy atom. The van der Waals surface area contributed by atoms with E-state index in [1.807, 2.05) is 31.2 Å². The molecule has 0 aliphatic heterocycles. The zero-order chi connectivity index (χ0) is 19.2. The van der Waals surface area contributed by atoms with Crippen LogP contribution in [0.25, 0.3) is 0 Å². The number of aryl methyl sites for hydroxylation is 1. The minimum atomic E-state index is -3.84. The molecule has 0 radical (unpaired) electrons. The lowest BCUT2D eigenvalue weighted by Gasteiger charge is -2.14. The van der Waals surface area contributed by atoms with Crippen molar-refractivity contribution in [2.24, 2.45) is 0 Å². The zero-order valence-corrected chi connectivity index (χ0v) is 16.0. The van der Waals surface area contributed by atoms with Gasteiger partial charge in [-0.3, -0.25) is 4.79 Å². The molecule has 0 heterocycles. The standard InChI is InChI=1S/C18H20ClNO5S/c1-13-5-3-4-6-17(13)24-11-12-25-18(21)14(2)20-26(22,23)16-9-7-15(19)8-10-16/h3-10,14,20H,11-12H2,1-2H3/t14-/m0/s1. The van der Waals surface area contributed by atoms with Crippen molar-refractivity contribution in [1.29, 1.82) is 0 Å². The van der Waals surface area contributed by atoms with E-state index in [1.165, 1.54) is 31.2 Å². The lowest BCUT2D eigenvalue weighted by atomic mass is 10.2. The van der Waals surface area contributed by atoms with E-state index >= 15 is 0 Å². The molecule has 0 aliphatic rings. The highest BCUT2D eigenvalue weighted by Crippen LogP contribution is 2.16. The molecular formula is C18H20ClNO5S. The quantitative estimate of drug-likeness (QED) is 0.547. The summed E-state index contributed by atoms with van der Waals surface area (Å²) >= 11 is 5.74. The number of halogens is 1. The molecule has 2 rings (SSSR count). The molecule has 1 N–H and O–H groups in total. The van der Waals surface area contributed by atoms with E-state index in [0.717, 1.165) is 5.56 Å². The number of ether oxygens (including phenoxy) is 2. The molecule has 0 aromatic heterocycles. The number of nitrogens with one attached hydrogen (secondary N) is 1. The average Bonchev–Trinajstić information content (AvgIpc) is 2.60. The van der Waals surface area contributed by atoms with Crippen molar-refractivity contribution in [2.45, 2.75) is 24.8 Å². The third-order valence-electron chi connectivity index (χ3n) is 3.49. The van der Waals surface area contributed by atoms with Crippen molar-refractivity contribution < 1.29 is 22.7 Å². The van der Waals surface area contributed by atoms with Crippen LogP contribution in [0.15, 0.2) is 53.4 Å². The van der Waals surface area contributed by atoms with Gasteiger partial charge in [0.05, 0.1) is 4.90 Å². The van der Waals surface area contributed by atoms with Gasteiger partial charge in [0.2, 0.25) is 10.0 Å². The van der Waals surface area contributed by atoms with Gasteiger partial charge in [0.15, 0.2) is 0 Å². The Morgan fingerprint density at radius 2 is 1.77 bits per heavy atom. The highest BCUT2D eigenvalue weighted by Gasteiger charge is 2.23. The number of para-hydroxylation sites is 1. The molecule has 2 aromatic rings. The number of carbonyl (C=O) groups is 1. The molecule has 0 fully saturated rings. The summed E-state index contributed by atoms with van der Waals surface area (Å²) in [6.45, 7) is 3.51. The van der Waals surface area contributed by atoms with Gasteiger partial charge in [-0.15, -0.1) is 0 Å². The predicted octanol–water partition coefficient (Wildman–Crippen LogP) is 2.94. The molecule has 140 valence electrons. The molecule has 8 heteroatoms. The van der Waals surface area contributed by atoms with Crippen LogP contribution >= 0.6 is 11.6 Å². The van der Waals surface area contributed by atoms with Crippen LogP contribution in [-0.4, -0.2) is 33.6 Å². The van der Waals surface area contributed by atoms with E-state index in [2.05, 4.69) is 4.72 Å². The molecule has 0 saturated heterocycles. The number of sulfonamides is 1. The number of esters is 1. The van der Waals surface area contributed by atoms with Gasteiger partial charge < -0.3 is 9.47 Å². The Kier molecular flexibility index (Phi) is 7.02. The Bertz CT molecular complexity index is 852. The lowest BCUT2D eigenvalue weighted by Crippen LogP contribution is -2.39. The molecule has 2 aromatic carbocycles. The fourth-order valence-electron chi connectivity index (χ4n) is 2.10. The summed E-state index contributed by atoms with van der Waals surface area (Å²) in [6, 6.07) is 12.1. The Hall–Kier alpha value is -2.09. The Labute approximate surface area is 158 Å². The Morgan fingerprint density at radius 3 is 2.42 bits per heavy atom. The summed E-state index contributed by atoms with van der Waals surface area (Å²) in [5, 5.41) is 0.421. The molecule has 6 nitrogen and oxygen atoms in total. The van der Waals surface area contributed by atoms with E-state index in [1.54, 1.807) is 0 Å². The second-order valence-electron chi connectivity index (χ2n) is 5.58. The molecule has 1 atom stereocenters. The minimum absolute atomic E-state index is 0.0141. The largest absolute Gasteiger partial charge is 0.490 e. The van der Waals surface area contributed by atoms with E-state index in [0.29, 0.717) is 10.8 Å². The smallest absolute Gasteiger partial charge is 0.324 e. The summed E-state index contributed by atoms with van der Waals surface area (Å²) in [5.74, 6) is 0.0240. The SMILES string of the molecule is Cc1ccccc1OCCOC(=O)[C@H](C)NS(=O)(=O)c1ccc(Cl)cc1. The van der Waals surface area contributed by atoms with E-state index in [4.69, 9.17) is 21.1 Å². The van der Waals surface area contributed by atoms with Crippen molar-refractivity contribution in [3.8, 4) is 5.75 Å². The third-order valence-corrected chi connectivity index (χ3v) is 5.30. The molecule has 0 amide bonds. The van der Waals surface area contributed by atoms with Gasteiger partial charge in [-0.05, 0) is 49.7 Å². The summed E-state index contributed by atoms with van der Waals surface area (Å²) in [7, 11) is -3.84. The normalized spacial score (nSPS) is 12.4. The Balaban J connectivity index is 1.81. The van der Waals surface area contributed by atoms with Gasteiger partial charge in [-0.2, -0.15) is 4.72 Å². The number of hydrogen-bond donors (Lipinski definition) is 1. The molecule has 0 bridgehead atoms.